The van der Waals surface area contributed by atoms with Gasteiger partial charge in [-0.25, -0.2) is 9.37 Å². The highest BCUT2D eigenvalue weighted by molar-refractivity contribution is 6.27. The minimum absolute atomic E-state index is 0.0860. The number of allylic oxidation sites excluding steroid dienone is 1. The fraction of sp³-hybridized carbons (Fsp3) is 0.455. The van der Waals surface area contributed by atoms with Gasteiger partial charge in [-0.15, -0.1) is 0 Å². The fourth-order valence-electron chi connectivity index (χ4n) is 4.02. The first-order valence-corrected chi connectivity index (χ1v) is 10.4. The molecule has 3 aliphatic heterocycles. The van der Waals surface area contributed by atoms with Crippen LogP contribution in [0.25, 0.3) is 0 Å². The van der Waals surface area contributed by atoms with Gasteiger partial charge in [-0.2, -0.15) is 0 Å². The number of carbonyl (C=O) groups excluding carboxylic acids is 2. The van der Waals surface area contributed by atoms with Gasteiger partial charge < -0.3 is 19.9 Å². The lowest BCUT2D eigenvalue weighted by atomic mass is 9.96. The fourth-order valence-corrected chi connectivity index (χ4v) is 4.02. The van der Waals surface area contributed by atoms with Gasteiger partial charge >= 0.3 is 0 Å². The summed E-state index contributed by atoms with van der Waals surface area (Å²) in [6, 6.07) is 1.68. The largest absolute Gasteiger partial charge is 0.488 e. The summed E-state index contributed by atoms with van der Waals surface area (Å²) < 4.78 is 20.2. The number of aliphatic imine (C=N–C) groups is 1. The number of amides is 1. The van der Waals surface area contributed by atoms with Crippen LogP contribution in [-0.2, 0) is 4.79 Å². The van der Waals surface area contributed by atoms with E-state index in [4.69, 9.17) is 4.74 Å². The van der Waals surface area contributed by atoms with Crippen LogP contribution in [0.1, 0.15) is 37.0 Å². The summed E-state index contributed by atoms with van der Waals surface area (Å²) in [6.45, 7) is 4.82. The minimum Gasteiger partial charge on any atom is -0.488 e. The zero-order valence-electron chi connectivity index (χ0n) is 17.7. The lowest BCUT2D eigenvalue weighted by Gasteiger charge is -2.35. The van der Waals surface area contributed by atoms with E-state index < -0.39 is 5.67 Å². The van der Waals surface area contributed by atoms with Gasteiger partial charge in [0.1, 0.15) is 18.4 Å². The molecule has 3 aliphatic rings. The monoisotopic (exact) mass is 427 g/mol. The Labute approximate surface area is 180 Å². The van der Waals surface area contributed by atoms with Crippen LogP contribution in [0.5, 0.6) is 5.75 Å². The maximum absolute atomic E-state index is 14.4. The first kappa shape index (κ1) is 21.0. The molecule has 4 rings (SSSR count). The van der Waals surface area contributed by atoms with Crippen LogP contribution in [0.15, 0.2) is 41.3 Å². The summed E-state index contributed by atoms with van der Waals surface area (Å²) >= 11 is 0. The van der Waals surface area contributed by atoms with Crippen molar-refractivity contribution in [2.24, 2.45) is 4.99 Å². The van der Waals surface area contributed by atoms with E-state index in [0.717, 1.165) is 5.70 Å². The summed E-state index contributed by atoms with van der Waals surface area (Å²) in [7, 11) is 0. The number of dihydropyridines is 1. The molecule has 0 radical (unpaired) electrons. The number of nitrogens with one attached hydrogen (secondary N) is 1. The molecular formula is C22H26FN5O3. The molecule has 1 aromatic rings. The van der Waals surface area contributed by atoms with Gasteiger partial charge in [0, 0.05) is 24.6 Å². The van der Waals surface area contributed by atoms with Gasteiger partial charge in [0.05, 0.1) is 24.4 Å². The molecule has 1 amide bonds. The van der Waals surface area contributed by atoms with Crippen molar-refractivity contribution in [3.63, 3.8) is 0 Å². The molecule has 1 fully saturated rings. The second-order valence-electron chi connectivity index (χ2n) is 8.21. The SMILES string of the molecule is C/C(C=O)=N/C1C=C(N2CCOc3cc(C(=O)N4CCCC(C)(F)C4)cnc32)C=CN1. The number of aldehydes is 1. The van der Waals surface area contributed by atoms with Gasteiger partial charge in [0.25, 0.3) is 5.91 Å². The molecule has 1 saturated heterocycles. The number of likely N-dealkylation sites (tertiary alicyclic amines) is 1. The van der Waals surface area contributed by atoms with Crippen molar-refractivity contribution in [3.8, 4) is 5.75 Å². The van der Waals surface area contributed by atoms with Crippen LogP contribution in [0.4, 0.5) is 10.2 Å². The zero-order chi connectivity index (χ0) is 22.0. The highest BCUT2D eigenvalue weighted by Crippen LogP contribution is 2.34. The third kappa shape index (κ3) is 4.60. The number of fused-ring (bicyclic) bond motifs is 1. The number of alkyl halides is 1. The topological polar surface area (TPSA) is 87.1 Å². The minimum atomic E-state index is -1.36. The quantitative estimate of drug-likeness (QED) is 0.586. The number of anilines is 1. The van der Waals surface area contributed by atoms with Gasteiger partial charge in [0.2, 0.25) is 0 Å². The average Bonchev–Trinajstić information content (AvgIpc) is 2.77. The van der Waals surface area contributed by atoms with Crippen LogP contribution < -0.4 is 15.0 Å². The number of pyridine rings is 1. The molecule has 9 heteroatoms. The maximum atomic E-state index is 14.4. The van der Waals surface area contributed by atoms with Crippen LogP contribution in [-0.4, -0.2) is 65.9 Å². The number of hydrogen-bond donors (Lipinski definition) is 1. The lowest BCUT2D eigenvalue weighted by molar-refractivity contribution is -0.102. The number of piperidine rings is 1. The molecule has 0 spiro atoms. The Kier molecular flexibility index (Phi) is 5.75. The van der Waals surface area contributed by atoms with Crippen LogP contribution in [0.3, 0.4) is 0 Å². The van der Waals surface area contributed by atoms with Crippen LogP contribution in [0, 0.1) is 0 Å². The molecule has 31 heavy (non-hydrogen) atoms. The van der Waals surface area contributed by atoms with Crippen LogP contribution in [0.2, 0.25) is 0 Å². The smallest absolute Gasteiger partial charge is 0.255 e. The van der Waals surface area contributed by atoms with Gasteiger partial charge in [-0.1, -0.05) is 0 Å². The number of ether oxygens (including phenoxy) is 1. The van der Waals surface area contributed by atoms with Crippen molar-refractivity contribution in [2.75, 3.05) is 31.1 Å². The second-order valence-corrected chi connectivity index (χ2v) is 8.21. The number of rotatable bonds is 4. The summed E-state index contributed by atoms with van der Waals surface area (Å²) in [5.74, 6) is 0.873. The molecule has 2 atom stereocenters. The molecular weight excluding hydrogens is 401 g/mol. The molecule has 0 saturated carbocycles. The van der Waals surface area contributed by atoms with Crippen molar-refractivity contribution < 1.29 is 18.7 Å². The second kappa shape index (κ2) is 8.49. The van der Waals surface area contributed by atoms with Crippen molar-refractivity contribution in [1.82, 2.24) is 15.2 Å². The first-order valence-electron chi connectivity index (χ1n) is 10.4. The van der Waals surface area contributed by atoms with Crippen molar-refractivity contribution in [3.05, 3.63) is 41.9 Å². The summed E-state index contributed by atoms with van der Waals surface area (Å²) in [5.41, 5.74) is 0.288. The predicted molar refractivity (Wildman–Crippen MR) is 115 cm³/mol. The standard InChI is InChI=1S/C22H26FN5O3/c1-15(13-29)26-19-11-17(4-6-24-19)28-8-9-31-18-10-16(12-25-20(18)28)21(30)27-7-3-5-22(2,23)14-27/h4,6,10-13,19,24H,3,5,7-9,14H2,1-2H3/b26-15-. The third-order valence-electron chi connectivity index (χ3n) is 5.52. The summed E-state index contributed by atoms with van der Waals surface area (Å²) in [4.78, 5) is 36.1. The van der Waals surface area contributed by atoms with Crippen molar-refractivity contribution >= 4 is 23.7 Å². The van der Waals surface area contributed by atoms with E-state index in [-0.39, 0.29) is 18.6 Å². The molecule has 1 N–H and O–H groups in total. The average molecular weight is 427 g/mol. The Morgan fingerprint density at radius 1 is 1.45 bits per heavy atom. The molecule has 0 aliphatic carbocycles. The van der Waals surface area contributed by atoms with Crippen LogP contribution >= 0.6 is 0 Å². The predicted octanol–water partition coefficient (Wildman–Crippen LogP) is 2.23. The van der Waals surface area contributed by atoms with E-state index in [2.05, 4.69) is 15.3 Å². The Morgan fingerprint density at radius 2 is 2.29 bits per heavy atom. The number of halogens is 1. The van der Waals surface area contributed by atoms with Gasteiger partial charge in [0.15, 0.2) is 17.9 Å². The van der Waals surface area contributed by atoms with E-state index in [1.54, 1.807) is 24.1 Å². The van der Waals surface area contributed by atoms with E-state index in [9.17, 15) is 14.0 Å². The lowest BCUT2D eigenvalue weighted by Crippen LogP contribution is -2.46. The molecule has 0 aromatic carbocycles. The number of aromatic nitrogens is 1. The van der Waals surface area contributed by atoms with E-state index in [0.29, 0.717) is 61.7 Å². The highest BCUT2D eigenvalue weighted by Gasteiger charge is 2.34. The van der Waals surface area contributed by atoms with E-state index >= 15 is 0 Å². The van der Waals surface area contributed by atoms with E-state index in [1.165, 1.54) is 13.1 Å². The molecule has 164 valence electrons. The molecule has 4 heterocycles. The molecule has 1 aromatic heterocycles. The maximum Gasteiger partial charge on any atom is 0.255 e. The van der Waals surface area contributed by atoms with Gasteiger partial charge in [-0.3, -0.25) is 14.6 Å². The third-order valence-corrected chi connectivity index (χ3v) is 5.52. The summed E-state index contributed by atoms with van der Waals surface area (Å²) in [5, 5.41) is 3.08. The van der Waals surface area contributed by atoms with E-state index in [1.807, 2.05) is 17.1 Å². The number of nitrogens with zero attached hydrogens (tertiary/aromatic N) is 4. The van der Waals surface area contributed by atoms with Gasteiger partial charge in [-0.05, 0) is 44.9 Å². The molecule has 0 bridgehead atoms. The van der Waals surface area contributed by atoms with Crippen molar-refractivity contribution in [2.45, 2.75) is 38.5 Å². The number of carbonyl (C=O) groups is 2. The highest BCUT2D eigenvalue weighted by atomic mass is 19.1. The Morgan fingerprint density at radius 3 is 3.06 bits per heavy atom. The Balaban J connectivity index is 1.57. The number of hydrogen-bond acceptors (Lipinski definition) is 7. The Hall–Kier alpha value is -3.23. The molecule has 2 unspecified atom stereocenters. The normalized spacial score (nSPS) is 25.8. The first-order chi connectivity index (χ1) is 14.9. The zero-order valence-corrected chi connectivity index (χ0v) is 17.7. The van der Waals surface area contributed by atoms with Crippen molar-refractivity contribution in [1.29, 1.82) is 0 Å². The summed E-state index contributed by atoms with van der Waals surface area (Å²) in [6.07, 6.45) is 8.56. The molecule has 8 nitrogen and oxygen atoms in total. The Bertz CT molecular complexity index is 972.